The molecule has 4 rings (SSSR count). The van der Waals surface area contributed by atoms with Crippen molar-refractivity contribution in [3.05, 3.63) is 72.8 Å². The van der Waals surface area contributed by atoms with Crippen LogP contribution in [0.3, 0.4) is 0 Å². The van der Waals surface area contributed by atoms with E-state index in [0.717, 1.165) is 11.4 Å². The first-order valence-electron chi connectivity index (χ1n) is 9.63. The molecule has 1 aromatic heterocycles. The molecule has 3 heteroatoms. The first-order valence-corrected chi connectivity index (χ1v) is 11.6. The van der Waals surface area contributed by atoms with Crippen LogP contribution >= 0.6 is 33.9 Å². The molecular formula is C24H26INS. The second-order valence-corrected chi connectivity index (χ2v) is 10.7. The predicted molar refractivity (Wildman–Crippen MR) is 125 cm³/mol. The summed E-state index contributed by atoms with van der Waals surface area (Å²) in [5.41, 5.74) is 10.0. The molecule has 0 saturated carbocycles. The number of hydrogen-bond acceptors (Lipinski definition) is 2. The molecule has 2 aromatic carbocycles. The minimum atomic E-state index is 0.417. The van der Waals surface area contributed by atoms with Gasteiger partial charge in [-0.25, -0.2) is 4.98 Å². The Hall–Kier alpha value is -1.20. The van der Waals surface area contributed by atoms with E-state index in [-0.39, 0.29) is 0 Å². The lowest BCUT2D eigenvalue weighted by atomic mass is 9.74. The number of halogens is 1. The summed E-state index contributed by atoms with van der Waals surface area (Å²) in [6.45, 7) is 9.16. The van der Waals surface area contributed by atoms with Gasteiger partial charge >= 0.3 is 0 Å². The molecule has 0 spiro atoms. The van der Waals surface area contributed by atoms with Crippen molar-refractivity contribution in [2.24, 2.45) is 5.41 Å². The van der Waals surface area contributed by atoms with E-state index in [1.165, 1.54) is 61.9 Å². The van der Waals surface area contributed by atoms with Crippen molar-refractivity contribution in [3.8, 4) is 10.6 Å². The van der Waals surface area contributed by atoms with Gasteiger partial charge in [-0.05, 0) is 101 Å². The molecule has 0 bridgehead atoms. The molecule has 3 aromatic rings. The first-order chi connectivity index (χ1) is 12.8. The fourth-order valence-corrected chi connectivity index (χ4v) is 5.43. The van der Waals surface area contributed by atoms with E-state index in [0.29, 0.717) is 5.41 Å². The van der Waals surface area contributed by atoms with E-state index >= 15 is 0 Å². The Bertz CT molecular complexity index is 1000. The topological polar surface area (TPSA) is 12.9 Å². The van der Waals surface area contributed by atoms with Crippen molar-refractivity contribution < 1.29 is 0 Å². The Kier molecular flexibility index (Phi) is 5.19. The number of aromatic nitrogens is 1. The van der Waals surface area contributed by atoms with Gasteiger partial charge in [0, 0.05) is 20.9 Å². The van der Waals surface area contributed by atoms with Gasteiger partial charge in [-0.15, -0.1) is 11.3 Å². The highest BCUT2D eigenvalue weighted by atomic mass is 127. The van der Waals surface area contributed by atoms with Crippen molar-refractivity contribution in [1.82, 2.24) is 4.98 Å². The standard InChI is InChI=1S/C24H26INS/c1-15-10-22(25)16(2)9-19(15)12-21-14-27-23(26-21)18-6-5-17-7-8-24(3,4)13-20(17)11-18/h5-6,9-11,14H,7-8,12-13H2,1-4H3. The van der Waals surface area contributed by atoms with Gasteiger partial charge in [0.25, 0.3) is 0 Å². The maximum Gasteiger partial charge on any atom is 0.123 e. The van der Waals surface area contributed by atoms with Crippen LogP contribution in [0.25, 0.3) is 10.6 Å². The summed E-state index contributed by atoms with van der Waals surface area (Å²) in [5.74, 6) is 0. The van der Waals surface area contributed by atoms with Crippen LogP contribution in [0.15, 0.2) is 35.7 Å². The molecule has 0 atom stereocenters. The molecule has 140 valence electrons. The second-order valence-electron chi connectivity index (χ2n) is 8.67. The summed E-state index contributed by atoms with van der Waals surface area (Å²) in [5, 5.41) is 3.38. The van der Waals surface area contributed by atoms with Crippen LogP contribution in [0.4, 0.5) is 0 Å². The maximum atomic E-state index is 4.97. The van der Waals surface area contributed by atoms with Gasteiger partial charge in [-0.2, -0.15) is 0 Å². The molecule has 0 N–H and O–H groups in total. The Morgan fingerprint density at radius 3 is 2.70 bits per heavy atom. The third-order valence-electron chi connectivity index (χ3n) is 5.73. The van der Waals surface area contributed by atoms with Crippen LogP contribution in [0.2, 0.25) is 0 Å². The zero-order valence-corrected chi connectivity index (χ0v) is 19.5. The predicted octanol–water partition coefficient (Wildman–Crippen LogP) is 7.14. The summed E-state index contributed by atoms with van der Waals surface area (Å²) in [4.78, 5) is 4.97. The van der Waals surface area contributed by atoms with Crippen LogP contribution < -0.4 is 0 Å². The second kappa shape index (κ2) is 7.32. The van der Waals surface area contributed by atoms with Crippen LogP contribution in [-0.2, 0) is 19.3 Å². The van der Waals surface area contributed by atoms with Crippen molar-refractivity contribution >= 4 is 33.9 Å². The van der Waals surface area contributed by atoms with Crippen molar-refractivity contribution in [3.63, 3.8) is 0 Å². The molecule has 0 unspecified atom stereocenters. The molecule has 0 amide bonds. The number of fused-ring (bicyclic) bond motifs is 1. The Morgan fingerprint density at radius 1 is 1.07 bits per heavy atom. The molecule has 0 saturated heterocycles. The highest BCUT2D eigenvalue weighted by Gasteiger charge is 2.25. The van der Waals surface area contributed by atoms with E-state index in [1.54, 1.807) is 11.3 Å². The number of aryl methyl sites for hydroxylation is 3. The van der Waals surface area contributed by atoms with Crippen LogP contribution in [0.1, 0.15) is 53.8 Å². The summed E-state index contributed by atoms with van der Waals surface area (Å²) < 4.78 is 1.34. The molecule has 1 heterocycles. The largest absolute Gasteiger partial charge is 0.241 e. The summed E-state index contributed by atoms with van der Waals surface area (Å²) in [6.07, 6.45) is 4.58. The fraction of sp³-hybridized carbons (Fsp3) is 0.375. The summed E-state index contributed by atoms with van der Waals surface area (Å²) >= 11 is 4.19. The Labute approximate surface area is 180 Å². The molecule has 27 heavy (non-hydrogen) atoms. The highest BCUT2D eigenvalue weighted by Crippen LogP contribution is 2.37. The van der Waals surface area contributed by atoms with Crippen LogP contribution in [-0.4, -0.2) is 4.98 Å². The third-order valence-corrected chi connectivity index (χ3v) is 7.84. The minimum Gasteiger partial charge on any atom is -0.241 e. The molecule has 1 nitrogen and oxygen atoms in total. The molecule has 0 radical (unpaired) electrons. The lowest BCUT2D eigenvalue weighted by Gasteiger charge is -2.31. The minimum absolute atomic E-state index is 0.417. The van der Waals surface area contributed by atoms with E-state index in [2.05, 4.69) is 86.0 Å². The average Bonchev–Trinajstić information content (AvgIpc) is 3.07. The number of nitrogens with zero attached hydrogens (tertiary/aromatic N) is 1. The number of rotatable bonds is 3. The van der Waals surface area contributed by atoms with Crippen LogP contribution in [0.5, 0.6) is 0 Å². The van der Waals surface area contributed by atoms with Gasteiger partial charge in [0.1, 0.15) is 5.01 Å². The fourth-order valence-electron chi connectivity index (χ4n) is 3.99. The SMILES string of the molecule is Cc1cc(Cc2csc(-c3ccc4c(c3)CC(C)(C)CC4)n2)c(C)cc1I. The smallest absolute Gasteiger partial charge is 0.123 e. The Morgan fingerprint density at radius 2 is 1.89 bits per heavy atom. The summed E-state index contributed by atoms with van der Waals surface area (Å²) in [7, 11) is 0. The first kappa shape index (κ1) is 19.1. The lowest BCUT2D eigenvalue weighted by Crippen LogP contribution is -2.22. The Balaban J connectivity index is 1.59. The van der Waals surface area contributed by atoms with E-state index in [4.69, 9.17) is 4.98 Å². The quantitative estimate of drug-likeness (QED) is 0.358. The van der Waals surface area contributed by atoms with E-state index in [9.17, 15) is 0 Å². The highest BCUT2D eigenvalue weighted by molar-refractivity contribution is 14.1. The van der Waals surface area contributed by atoms with Gasteiger partial charge in [0.05, 0.1) is 5.69 Å². The van der Waals surface area contributed by atoms with E-state index < -0.39 is 0 Å². The third kappa shape index (κ3) is 4.14. The van der Waals surface area contributed by atoms with Gasteiger partial charge in [-0.3, -0.25) is 0 Å². The summed E-state index contributed by atoms with van der Waals surface area (Å²) in [6, 6.07) is 11.6. The van der Waals surface area contributed by atoms with Gasteiger partial charge in [0.15, 0.2) is 0 Å². The maximum absolute atomic E-state index is 4.97. The number of benzene rings is 2. The zero-order chi connectivity index (χ0) is 19.2. The lowest BCUT2D eigenvalue weighted by molar-refractivity contribution is 0.315. The molecule has 1 aliphatic carbocycles. The monoisotopic (exact) mass is 487 g/mol. The molecule has 0 aliphatic heterocycles. The average molecular weight is 487 g/mol. The zero-order valence-electron chi connectivity index (χ0n) is 16.5. The molecule has 1 aliphatic rings. The number of thiazole rings is 1. The van der Waals surface area contributed by atoms with Gasteiger partial charge in [-0.1, -0.05) is 32.0 Å². The van der Waals surface area contributed by atoms with Crippen LogP contribution in [0, 0.1) is 22.8 Å². The molecular weight excluding hydrogens is 461 g/mol. The van der Waals surface area contributed by atoms with Crippen molar-refractivity contribution in [2.45, 2.75) is 53.4 Å². The van der Waals surface area contributed by atoms with E-state index in [1.807, 2.05) is 0 Å². The van der Waals surface area contributed by atoms with Crippen molar-refractivity contribution in [1.29, 1.82) is 0 Å². The van der Waals surface area contributed by atoms with Crippen molar-refractivity contribution in [2.75, 3.05) is 0 Å². The normalized spacial score (nSPS) is 15.6. The number of hydrogen-bond donors (Lipinski definition) is 0. The van der Waals surface area contributed by atoms with Gasteiger partial charge in [0.2, 0.25) is 0 Å². The molecule has 0 fully saturated rings. The van der Waals surface area contributed by atoms with Gasteiger partial charge < -0.3 is 0 Å².